The maximum Gasteiger partial charge on any atom is 0.248 e. The molecular weight excluding hydrogens is 160 g/mol. The van der Waals surface area contributed by atoms with Gasteiger partial charge in [0.25, 0.3) is 0 Å². The largest absolute Gasteiger partial charge is 0.248 e. The van der Waals surface area contributed by atoms with Crippen molar-refractivity contribution in [1.29, 1.82) is 5.26 Å². The Morgan fingerprint density at radius 3 is 2.75 bits per heavy atom. The SMILES string of the molecule is CC(C#N)C1CCCC(F)(F)C1. The van der Waals surface area contributed by atoms with E-state index in [-0.39, 0.29) is 24.7 Å². The van der Waals surface area contributed by atoms with Gasteiger partial charge in [-0.25, -0.2) is 8.78 Å². The fraction of sp³-hybridized carbons (Fsp3) is 0.889. The number of alkyl halides is 2. The van der Waals surface area contributed by atoms with Crippen molar-refractivity contribution in [3.8, 4) is 6.07 Å². The van der Waals surface area contributed by atoms with E-state index in [1.165, 1.54) is 0 Å². The van der Waals surface area contributed by atoms with Crippen LogP contribution in [0, 0.1) is 23.2 Å². The molecule has 3 heteroatoms. The molecule has 1 nitrogen and oxygen atoms in total. The van der Waals surface area contributed by atoms with Gasteiger partial charge in [-0.3, -0.25) is 0 Å². The minimum Gasteiger partial charge on any atom is -0.207 e. The summed E-state index contributed by atoms with van der Waals surface area (Å²) in [5.41, 5.74) is 0. The molecule has 1 saturated carbocycles. The monoisotopic (exact) mass is 173 g/mol. The Kier molecular flexibility index (Phi) is 2.66. The first-order valence-electron chi connectivity index (χ1n) is 4.32. The van der Waals surface area contributed by atoms with E-state index in [0.717, 1.165) is 6.42 Å². The lowest BCUT2D eigenvalue weighted by molar-refractivity contribution is -0.0572. The van der Waals surface area contributed by atoms with Crippen LogP contribution in [-0.4, -0.2) is 5.92 Å². The average molecular weight is 173 g/mol. The molecule has 0 saturated heterocycles. The van der Waals surface area contributed by atoms with Gasteiger partial charge in [0.1, 0.15) is 0 Å². The highest BCUT2D eigenvalue weighted by molar-refractivity contribution is 4.90. The second-order valence-corrected chi connectivity index (χ2v) is 3.63. The Balaban J connectivity index is 2.53. The zero-order valence-electron chi connectivity index (χ0n) is 7.19. The standard InChI is InChI=1S/C9H13F2N/c1-7(6-12)8-3-2-4-9(10,11)5-8/h7-8H,2-5H2,1H3. The minimum atomic E-state index is -2.52. The van der Waals surface area contributed by atoms with Gasteiger partial charge in [0.15, 0.2) is 0 Å². The second-order valence-electron chi connectivity index (χ2n) is 3.63. The zero-order valence-corrected chi connectivity index (χ0v) is 7.19. The van der Waals surface area contributed by atoms with E-state index >= 15 is 0 Å². The lowest BCUT2D eigenvalue weighted by Gasteiger charge is -2.30. The molecule has 0 spiro atoms. The van der Waals surface area contributed by atoms with Crippen molar-refractivity contribution < 1.29 is 8.78 Å². The maximum absolute atomic E-state index is 12.8. The molecule has 0 aliphatic heterocycles. The molecule has 0 N–H and O–H groups in total. The molecule has 2 unspecified atom stereocenters. The lowest BCUT2D eigenvalue weighted by atomic mass is 9.80. The molecule has 0 radical (unpaired) electrons. The van der Waals surface area contributed by atoms with Crippen molar-refractivity contribution in [2.45, 2.75) is 38.5 Å². The van der Waals surface area contributed by atoms with Gasteiger partial charge in [0.05, 0.1) is 6.07 Å². The summed E-state index contributed by atoms with van der Waals surface area (Å²) in [7, 11) is 0. The van der Waals surface area contributed by atoms with Crippen LogP contribution in [0.25, 0.3) is 0 Å². The molecule has 12 heavy (non-hydrogen) atoms. The molecule has 0 aromatic rings. The summed E-state index contributed by atoms with van der Waals surface area (Å²) in [6.45, 7) is 1.73. The summed E-state index contributed by atoms with van der Waals surface area (Å²) in [4.78, 5) is 0. The van der Waals surface area contributed by atoms with Gasteiger partial charge in [-0.15, -0.1) is 0 Å². The number of nitriles is 1. The highest BCUT2D eigenvalue weighted by atomic mass is 19.3. The fourth-order valence-corrected chi connectivity index (χ4v) is 1.74. The number of hydrogen-bond donors (Lipinski definition) is 0. The van der Waals surface area contributed by atoms with Crippen LogP contribution in [0.4, 0.5) is 8.78 Å². The van der Waals surface area contributed by atoms with E-state index in [1.807, 2.05) is 6.07 Å². The minimum absolute atomic E-state index is 0.00164. The zero-order chi connectivity index (χ0) is 9.19. The summed E-state index contributed by atoms with van der Waals surface area (Å²) in [5, 5.41) is 8.56. The predicted octanol–water partition coefficient (Wildman–Crippen LogP) is 2.97. The lowest BCUT2D eigenvalue weighted by Crippen LogP contribution is -2.28. The third-order valence-electron chi connectivity index (χ3n) is 2.59. The van der Waals surface area contributed by atoms with Gasteiger partial charge in [0, 0.05) is 18.8 Å². The van der Waals surface area contributed by atoms with Crippen molar-refractivity contribution >= 4 is 0 Å². The molecule has 0 amide bonds. The Hall–Kier alpha value is -0.650. The number of halogens is 2. The van der Waals surface area contributed by atoms with Gasteiger partial charge in [-0.1, -0.05) is 0 Å². The van der Waals surface area contributed by atoms with Crippen LogP contribution in [0.1, 0.15) is 32.6 Å². The van der Waals surface area contributed by atoms with Gasteiger partial charge in [-0.2, -0.15) is 5.26 Å². The summed E-state index contributed by atoms with van der Waals surface area (Å²) in [6, 6.07) is 2.04. The average Bonchev–Trinajstić information content (AvgIpc) is 2.01. The Labute approximate surface area is 71.4 Å². The van der Waals surface area contributed by atoms with Crippen molar-refractivity contribution in [2.24, 2.45) is 11.8 Å². The van der Waals surface area contributed by atoms with Crippen molar-refractivity contribution in [1.82, 2.24) is 0 Å². The first-order valence-corrected chi connectivity index (χ1v) is 4.32. The van der Waals surface area contributed by atoms with E-state index in [0.29, 0.717) is 6.42 Å². The molecule has 1 aliphatic rings. The fourth-order valence-electron chi connectivity index (χ4n) is 1.74. The predicted molar refractivity (Wildman–Crippen MR) is 41.7 cm³/mol. The molecular formula is C9H13F2N. The summed E-state index contributed by atoms with van der Waals surface area (Å²) in [6.07, 6.45) is 1.25. The summed E-state index contributed by atoms with van der Waals surface area (Å²) >= 11 is 0. The van der Waals surface area contributed by atoms with Crippen LogP contribution in [0.15, 0.2) is 0 Å². The van der Waals surface area contributed by atoms with Gasteiger partial charge < -0.3 is 0 Å². The van der Waals surface area contributed by atoms with Gasteiger partial charge in [0.2, 0.25) is 5.92 Å². The highest BCUT2D eigenvalue weighted by Crippen LogP contribution is 2.39. The first-order chi connectivity index (χ1) is 5.55. The molecule has 68 valence electrons. The normalized spacial score (nSPS) is 30.7. The summed E-state index contributed by atoms with van der Waals surface area (Å²) in [5.74, 6) is -2.84. The topological polar surface area (TPSA) is 23.8 Å². The molecule has 0 bridgehead atoms. The van der Waals surface area contributed by atoms with E-state index in [2.05, 4.69) is 0 Å². The van der Waals surface area contributed by atoms with Gasteiger partial charge in [-0.05, 0) is 25.7 Å². The summed E-state index contributed by atoms with van der Waals surface area (Å²) < 4.78 is 25.7. The third kappa shape index (κ3) is 2.17. The quantitative estimate of drug-likeness (QED) is 0.598. The molecule has 2 atom stereocenters. The Morgan fingerprint density at radius 2 is 2.25 bits per heavy atom. The number of nitrogens with zero attached hydrogens (tertiary/aromatic N) is 1. The van der Waals surface area contributed by atoms with Crippen molar-refractivity contribution in [2.75, 3.05) is 0 Å². The second kappa shape index (κ2) is 3.38. The molecule has 0 aromatic heterocycles. The van der Waals surface area contributed by atoms with Crippen LogP contribution in [0.2, 0.25) is 0 Å². The molecule has 0 aromatic carbocycles. The van der Waals surface area contributed by atoms with Crippen LogP contribution in [0.5, 0.6) is 0 Å². The maximum atomic E-state index is 12.8. The number of hydrogen-bond acceptors (Lipinski definition) is 1. The Morgan fingerprint density at radius 1 is 1.58 bits per heavy atom. The van der Waals surface area contributed by atoms with Crippen LogP contribution in [-0.2, 0) is 0 Å². The smallest absolute Gasteiger partial charge is 0.207 e. The molecule has 0 heterocycles. The molecule has 1 aliphatic carbocycles. The number of rotatable bonds is 1. The van der Waals surface area contributed by atoms with Crippen molar-refractivity contribution in [3.63, 3.8) is 0 Å². The first kappa shape index (κ1) is 9.44. The third-order valence-corrected chi connectivity index (χ3v) is 2.59. The van der Waals surface area contributed by atoms with Crippen LogP contribution >= 0.6 is 0 Å². The van der Waals surface area contributed by atoms with Crippen LogP contribution in [0.3, 0.4) is 0 Å². The van der Waals surface area contributed by atoms with E-state index in [4.69, 9.17) is 5.26 Å². The molecule has 1 rings (SSSR count). The van der Waals surface area contributed by atoms with E-state index in [9.17, 15) is 8.78 Å². The molecule has 1 fully saturated rings. The van der Waals surface area contributed by atoms with Gasteiger partial charge >= 0.3 is 0 Å². The van der Waals surface area contributed by atoms with Crippen molar-refractivity contribution in [3.05, 3.63) is 0 Å². The van der Waals surface area contributed by atoms with E-state index < -0.39 is 5.92 Å². The van der Waals surface area contributed by atoms with E-state index in [1.54, 1.807) is 6.92 Å². The van der Waals surface area contributed by atoms with Crippen LogP contribution < -0.4 is 0 Å². The Bertz CT molecular complexity index is 195. The highest BCUT2D eigenvalue weighted by Gasteiger charge is 2.38.